The van der Waals surface area contributed by atoms with E-state index in [1.165, 1.54) is 12.3 Å². The molecular weight excluding hydrogens is 482 g/mol. The fourth-order valence-corrected chi connectivity index (χ4v) is 4.75. The minimum Gasteiger partial charge on any atom is -0.481 e. The molecule has 198 valence electrons. The normalized spacial score (nSPS) is 15.8. The van der Waals surface area contributed by atoms with Crippen LogP contribution in [0.3, 0.4) is 0 Å². The summed E-state index contributed by atoms with van der Waals surface area (Å²) in [6.45, 7) is 3.77. The van der Waals surface area contributed by atoms with E-state index < -0.39 is 47.3 Å². The number of halogens is 4. The second-order valence-corrected chi connectivity index (χ2v) is 9.24. The molecule has 1 aromatic heterocycles. The largest absolute Gasteiger partial charge is 0.481 e. The summed E-state index contributed by atoms with van der Waals surface area (Å²) in [6, 6.07) is -0.277. The Morgan fingerprint density at radius 2 is 1.78 bits per heavy atom. The summed E-state index contributed by atoms with van der Waals surface area (Å²) < 4.78 is 56.6. The molecule has 3 N–H and O–H groups in total. The zero-order chi connectivity index (χ0) is 26.6. The van der Waals surface area contributed by atoms with Crippen molar-refractivity contribution in [3.8, 4) is 0 Å². The lowest BCUT2D eigenvalue weighted by atomic mass is 9.95. The van der Waals surface area contributed by atoms with Gasteiger partial charge in [-0.05, 0) is 37.8 Å². The van der Waals surface area contributed by atoms with Gasteiger partial charge in [0.2, 0.25) is 5.43 Å². The number of carboxylic acids is 1. The summed E-state index contributed by atoms with van der Waals surface area (Å²) in [6.07, 6.45) is 0.909. The highest BCUT2D eigenvalue weighted by molar-refractivity contribution is 5.98. The maximum absolute atomic E-state index is 15.1. The predicted octanol–water partition coefficient (Wildman–Crippen LogP) is 5.38. The highest BCUT2D eigenvalue weighted by atomic mass is 19.4. The van der Waals surface area contributed by atoms with Crippen molar-refractivity contribution < 1.29 is 32.3 Å². The summed E-state index contributed by atoms with van der Waals surface area (Å²) >= 11 is 0. The maximum Gasteiger partial charge on any atom is 0.409 e. The van der Waals surface area contributed by atoms with Crippen molar-refractivity contribution in [1.29, 1.82) is 0 Å². The summed E-state index contributed by atoms with van der Waals surface area (Å²) in [5, 5.41) is 13.5. The lowest BCUT2D eigenvalue weighted by Crippen LogP contribution is -2.47. The second-order valence-electron chi connectivity index (χ2n) is 9.24. The third kappa shape index (κ3) is 6.17. The molecular formula is C25H31F4N3O4. The van der Waals surface area contributed by atoms with Gasteiger partial charge in [0.1, 0.15) is 17.4 Å². The van der Waals surface area contributed by atoms with Crippen molar-refractivity contribution in [2.24, 2.45) is 0 Å². The first-order chi connectivity index (χ1) is 17.0. The maximum atomic E-state index is 15.1. The Morgan fingerprint density at radius 3 is 2.33 bits per heavy atom. The number of aromatic nitrogens is 1. The smallest absolute Gasteiger partial charge is 0.409 e. The van der Waals surface area contributed by atoms with E-state index in [1.807, 2.05) is 13.8 Å². The standard InChI is InChI=1S/C25H31F4N3O4/c1-3-15(4-2)32-13-17(24(36)31-21(12-22(33)34)25(27,28)29)23(35)16-10-18(26)19(11-20(16)32)30-14-8-6-5-7-9-14/h10-11,13-15,21,30H,3-9,12H2,1-2H3,(H,31,36)(H,33,34). The number of carbonyl (C=O) groups excluding carboxylic acids is 1. The molecule has 1 fully saturated rings. The molecule has 0 bridgehead atoms. The SMILES string of the molecule is CCC(CC)n1cc(C(=O)NC(CC(=O)O)C(F)(F)F)c(=O)c2cc(F)c(NC3CCCCC3)cc21. The average molecular weight is 514 g/mol. The Labute approximate surface area is 205 Å². The number of carbonyl (C=O) groups is 2. The van der Waals surface area contributed by atoms with Gasteiger partial charge in [-0.25, -0.2) is 4.39 Å². The highest BCUT2D eigenvalue weighted by Crippen LogP contribution is 2.29. The van der Waals surface area contributed by atoms with Gasteiger partial charge < -0.3 is 20.3 Å². The number of fused-ring (bicyclic) bond motifs is 1. The number of aliphatic carboxylic acids is 1. The van der Waals surface area contributed by atoms with Crippen molar-refractivity contribution in [2.75, 3.05) is 5.32 Å². The van der Waals surface area contributed by atoms with E-state index in [1.54, 1.807) is 9.88 Å². The molecule has 0 saturated heterocycles. The number of alkyl halides is 3. The van der Waals surface area contributed by atoms with Crippen LogP contribution in [0.15, 0.2) is 23.1 Å². The van der Waals surface area contributed by atoms with Gasteiger partial charge in [0, 0.05) is 23.7 Å². The number of benzene rings is 1. The molecule has 1 aliphatic rings. The zero-order valence-electron chi connectivity index (χ0n) is 20.3. The van der Waals surface area contributed by atoms with E-state index in [2.05, 4.69) is 5.32 Å². The minimum atomic E-state index is -5.04. The van der Waals surface area contributed by atoms with Crippen molar-refractivity contribution >= 4 is 28.5 Å². The van der Waals surface area contributed by atoms with E-state index in [4.69, 9.17) is 5.11 Å². The molecule has 0 radical (unpaired) electrons. The molecule has 0 aliphatic heterocycles. The molecule has 1 amide bonds. The molecule has 7 nitrogen and oxygen atoms in total. The molecule has 2 aromatic rings. The Hall–Kier alpha value is -3.11. The molecule has 3 rings (SSSR count). The summed E-state index contributed by atoms with van der Waals surface area (Å²) in [5.41, 5.74) is -0.947. The van der Waals surface area contributed by atoms with Gasteiger partial charge in [0.25, 0.3) is 5.91 Å². The fourth-order valence-electron chi connectivity index (χ4n) is 4.75. The molecule has 0 spiro atoms. The van der Waals surface area contributed by atoms with Crippen molar-refractivity contribution in [2.45, 2.75) is 89.5 Å². The van der Waals surface area contributed by atoms with Gasteiger partial charge in [0.05, 0.1) is 17.6 Å². The third-order valence-corrected chi connectivity index (χ3v) is 6.75. The van der Waals surface area contributed by atoms with Crippen molar-refractivity contribution in [3.63, 3.8) is 0 Å². The van der Waals surface area contributed by atoms with Gasteiger partial charge in [-0.1, -0.05) is 33.1 Å². The Morgan fingerprint density at radius 1 is 1.14 bits per heavy atom. The Kier molecular flexibility index (Phi) is 8.63. The molecule has 1 aromatic carbocycles. The number of hydrogen-bond acceptors (Lipinski definition) is 4. The molecule has 1 atom stereocenters. The number of amides is 1. The number of nitrogens with zero attached hydrogens (tertiary/aromatic N) is 1. The first kappa shape index (κ1) is 27.5. The van der Waals surface area contributed by atoms with Crippen LogP contribution in [-0.2, 0) is 4.79 Å². The third-order valence-electron chi connectivity index (χ3n) is 6.75. The van der Waals surface area contributed by atoms with E-state index in [0.29, 0.717) is 18.4 Å². The van der Waals surface area contributed by atoms with Gasteiger partial charge in [0.15, 0.2) is 0 Å². The lowest BCUT2D eigenvalue weighted by Gasteiger charge is -2.26. The van der Waals surface area contributed by atoms with E-state index in [-0.39, 0.29) is 23.2 Å². The van der Waals surface area contributed by atoms with Gasteiger partial charge in [-0.2, -0.15) is 13.2 Å². The minimum absolute atomic E-state index is 0.0950. The van der Waals surface area contributed by atoms with Crippen LogP contribution in [0.2, 0.25) is 0 Å². The molecule has 1 saturated carbocycles. The van der Waals surface area contributed by atoms with Crippen LogP contribution >= 0.6 is 0 Å². The number of anilines is 1. The number of hydrogen-bond donors (Lipinski definition) is 3. The van der Waals surface area contributed by atoms with Gasteiger partial charge in [-0.3, -0.25) is 14.4 Å². The van der Waals surface area contributed by atoms with Crippen LogP contribution in [0.5, 0.6) is 0 Å². The van der Waals surface area contributed by atoms with Crippen LogP contribution in [0.25, 0.3) is 10.9 Å². The average Bonchev–Trinajstić information content (AvgIpc) is 2.81. The Bertz CT molecular complexity index is 1170. The van der Waals surface area contributed by atoms with Crippen LogP contribution in [0.1, 0.15) is 81.6 Å². The number of pyridine rings is 1. The van der Waals surface area contributed by atoms with Crippen LogP contribution in [0, 0.1) is 5.82 Å². The second kappa shape index (κ2) is 11.3. The summed E-state index contributed by atoms with van der Waals surface area (Å²) in [5.74, 6) is -3.82. The highest BCUT2D eigenvalue weighted by Gasteiger charge is 2.42. The van der Waals surface area contributed by atoms with Gasteiger partial charge in [-0.15, -0.1) is 0 Å². The number of rotatable bonds is 9. The summed E-state index contributed by atoms with van der Waals surface area (Å²) in [7, 11) is 0. The monoisotopic (exact) mass is 513 g/mol. The molecule has 36 heavy (non-hydrogen) atoms. The van der Waals surface area contributed by atoms with Crippen molar-refractivity contribution in [3.05, 3.63) is 39.9 Å². The molecule has 1 aliphatic carbocycles. The summed E-state index contributed by atoms with van der Waals surface area (Å²) in [4.78, 5) is 36.8. The van der Waals surface area contributed by atoms with E-state index >= 15 is 4.39 Å². The van der Waals surface area contributed by atoms with Crippen LogP contribution < -0.4 is 16.1 Å². The van der Waals surface area contributed by atoms with Gasteiger partial charge >= 0.3 is 12.1 Å². The first-order valence-electron chi connectivity index (χ1n) is 12.2. The quantitative estimate of drug-likeness (QED) is 0.391. The zero-order valence-corrected chi connectivity index (χ0v) is 20.3. The van der Waals surface area contributed by atoms with Crippen LogP contribution in [-0.4, -0.2) is 39.8 Å². The van der Waals surface area contributed by atoms with E-state index in [9.17, 15) is 27.6 Å². The topological polar surface area (TPSA) is 100 Å². The molecule has 1 unspecified atom stereocenters. The fraction of sp³-hybridized carbons (Fsp3) is 0.560. The molecule has 11 heteroatoms. The number of nitrogens with one attached hydrogen (secondary N) is 2. The van der Waals surface area contributed by atoms with Crippen LogP contribution in [0.4, 0.5) is 23.2 Å². The lowest BCUT2D eigenvalue weighted by molar-refractivity contribution is -0.165. The molecule has 1 heterocycles. The first-order valence-corrected chi connectivity index (χ1v) is 12.2. The number of carboxylic acid groups (broad SMARTS) is 1. The Balaban J connectivity index is 2.10. The van der Waals surface area contributed by atoms with Crippen molar-refractivity contribution in [1.82, 2.24) is 9.88 Å². The predicted molar refractivity (Wildman–Crippen MR) is 128 cm³/mol. The van der Waals surface area contributed by atoms with E-state index in [0.717, 1.165) is 38.2 Å².